The Bertz CT molecular complexity index is 571. The first-order chi connectivity index (χ1) is 8.47. The first-order valence-corrected chi connectivity index (χ1v) is 5.71. The van der Waals surface area contributed by atoms with E-state index in [1.54, 1.807) is 6.92 Å². The summed E-state index contributed by atoms with van der Waals surface area (Å²) < 4.78 is 13.7. The van der Waals surface area contributed by atoms with Crippen molar-refractivity contribution in [2.45, 2.75) is 13.3 Å². The van der Waals surface area contributed by atoms with Crippen LogP contribution in [-0.4, -0.2) is 24.0 Å². The molecule has 0 aromatic heterocycles. The number of fused-ring (bicyclic) bond motifs is 1. The number of anilines is 1. The summed E-state index contributed by atoms with van der Waals surface area (Å²) in [4.78, 5) is 35.6. The number of benzene rings is 1. The van der Waals surface area contributed by atoms with Crippen LogP contribution >= 0.6 is 11.6 Å². The normalized spacial score (nSPS) is 14.1. The molecular formula is C12H9ClFNO3. The van der Waals surface area contributed by atoms with E-state index in [0.29, 0.717) is 0 Å². The Morgan fingerprint density at radius 3 is 2.67 bits per heavy atom. The molecule has 0 spiro atoms. The molecule has 4 nitrogen and oxygen atoms in total. The van der Waals surface area contributed by atoms with Crippen LogP contribution in [0.5, 0.6) is 0 Å². The lowest BCUT2D eigenvalue weighted by Gasteiger charge is -2.15. The lowest BCUT2D eigenvalue weighted by atomic mass is 10.1. The van der Waals surface area contributed by atoms with Gasteiger partial charge in [0.25, 0.3) is 11.7 Å². The third-order valence-corrected chi connectivity index (χ3v) is 3.06. The van der Waals surface area contributed by atoms with E-state index in [9.17, 15) is 18.8 Å². The zero-order valence-electron chi connectivity index (χ0n) is 9.50. The van der Waals surface area contributed by atoms with Crippen molar-refractivity contribution < 1.29 is 18.8 Å². The number of nitrogens with zero attached hydrogens (tertiary/aromatic N) is 1. The van der Waals surface area contributed by atoms with Gasteiger partial charge >= 0.3 is 0 Å². The SMILES string of the molecule is CCC(=O)CN1C(=O)C(=O)c2c(Cl)ccc(F)c21. The van der Waals surface area contributed by atoms with Gasteiger partial charge in [0, 0.05) is 6.42 Å². The standard InChI is InChI=1S/C12H9ClFNO3/c1-2-6(16)5-15-10-8(14)4-3-7(13)9(10)11(17)12(15)18/h3-4H,2,5H2,1H3. The van der Waals surface area contributed by atoms with Gasteiger partial charge in [0.05, 0.1) is 22.8 Å². The van der Waals surface area contributed by atoms with E-state index in [-0.39, 0.29) is 35.0 Å². The molecule has 0 saturated carbocycles. The highest BCUT2D eigenvalue weighted by molar-refractivity contribution is 6.55. The molecule has 0 bridgehead atoms. The van der Waals surface area contributed by atoms with Gasteiger partial charge in [0.1, 0.15) is 5.82 Å². The van der Waals surface area contributed by atoms with E-state index in [1.165, 1.54) is 6.07 Å². The Labute approximate surface area is 107 Å². The molecule has 0 fully saturated rings. The number of carbonyl (C=O) groups excluding carboxylic acids is 3. The minimum atomic E-state index is -0.918. The molecule has 6 heteroatoms. The topological polar surface area (TPSA) is 54.5 Å². The Morgan fingerprint density at radius 1 is 1.39 bits per heavy atom. The van der Waals surface area contributed by atoms with Crippen LogP contribution in [0.2, 0.25) is 5.02 Å². The average molecular weight is 270 g/mol. The van der Waals surface area contributed by atoms with Crippen molar-refractivity contribution in [1.82, 2.24) is 0 Å². The Kier molecular flexibility index (Phi) is 3.17. The summed E-state index contributed by atoms with van der Waals surface area (Å²) in [6, 6.07) is 2.28. The lowest BCUT2D eigenvalue weighted by molar-refractivity contribution is -0.120. The Hall–Kier alpha value is -1.75. The van der Waals surface area contributed by atoms with Crippen molar-refractivity contribution in [3.05, 3.63) is 28.5 Å². The molecule has 0 saturated heterocycles. The van der Waals surface area contributed by atoms with Crippen molar-refractivity contribution in [3.63, 3.8) is 0 Å². The molecule has 18 heavy (non-hydrogen) atoms. The highest BCUT2D eigenvalue weighted by Crippen LogP contribution is 2.36. The van der Waals surface area contributed by atoms with E-state index in [0.717, 1.165) is 11.0 Å². The van der Waals surface area contributed by atoms with Crippen molar-refractivity contribution in [3.8, 4) is 0 Å². The first kappa shape index (κ1) is 12.7. The monoisotopic (exact) mass is 269 g/mol. The lowest BCUT2D eigenvalue weighted by Crippen LogP contribution is -2.34. The first-order valence-electron chi connectivity index (χ1n) is 5.33. The number of amides is 1. The summed E-state index contributed by atoms with van der Waals surface area (Å²) >= 11 is 5.79. The maximum absolute atomic E-state index is 13.7. The molecule has 0 unspecified atom stereocenters. The van der Waals surface area contributed by atoms with Crippen LogP contribution in [0.25, 0.3) is 0 Å². The molecule has 94 valence electrons. The van der Waals surface area contributed by atoms with Gasteiger partial charge in [-0.15, -0.1) is 0 Å². The van der Waals surface area contributed by atoms with Crippen LogP contribution < -0.4 is 4.90 Å². The van der Waals surface area contributed by atoms with Crippen LogP contribution in [0.15, 0.2) is 12.1 Å². The van der Waals surface area contributed by atoms with Crippen LogP contribution in [0.1, 0.15) is 23.7 Å². The van der Waals surface area contributed by atoms with Gasteiger partial charge in [-0.25, -0.2) is 4.39 Å². The highest BCUT2D eigenvalue weighted by atomic mass is 35.5. The van der Waals surface area contributed by atoms with Gasteiger partial charge < -0.3 is 0 Å². The van der Waals surface area contributed by atoms with E-state index < -0.39 is 17.5 Å². The number of hydrogen-bond donors (Lipinski definition) is 0. The summed E-state index contributed by atoms with van der Waals surface area (Å²) in [5, 5.41) is 0.0104. The molecule has 1 aliphatic heterocycles. The molecule has 0 radical (unpaired) electrons. The van der Waals surface area contributed by atoms with Gasteiger partial charge in [0.15, 0.2) is 5.78 Å². The number of carbonyl (C=O) groups is 3. The fraction of sp³-hybridized carbons (Fsp3) is 0.250. The van der Waals surface area contributed by atoms with Crippen molar-refractivity contribution in [1.29, 1.82) is 0 Å². The quantitative estimate of drug-likeness (QED) is 0.789. The Morgan fingerprint density at radius 2 is 2.06 bits per heavy atom. The van der Waals surface area contributed by atoms with E-state index in [4.69, 9.17) is 11.6 Å². The number of halogens is 2. The molecular weight excluding hydrogens is 261 g/mol. The molecule has 0 aliphatic carbocycles. The third-order valence-electron chi connectivity index (χ3n) is 2.74. The maximum Gasteiger partial charge on any atom is 0.300 e. The minimum Gasteiger partial charge on any atom is -0.298 e. The van der Waals surface area contributed by atoms with Crippen LogP contribution in [0.4, 0.5) is 10.1 Å². The van der Waals surface area contributed by atoms with E-state index in [1.807, 2.05) is 0 Å². The summed E-state index contributed by atoms with van der Waals surface area (Å²) in [5.41, 5.74) is -0.357. The van der Waals surface area contributed by atoms with Gasteiger partial charge in [-0.1, -0.05) is 18.5 Å². The largest absolute Gasteiger partial charge is 0.300 e. The zero-order valence-corrected chi connectivity index (χ0v) is 10.3. The Balaban J connectivity index is 2.55. The summed E-state index contributed by atoms with van der Waals surface area (Å²) in [6.07, 6.45) is 0.204. The number of rotatable bonds is 3. The molecule has 0 N–H and O–H groups in total. The second-order valence-corrected chi connectivity index (χ2v) is 4.27. The van der Waals surface area contributed by atoms with Crippen molar-refractivity contribution in [2.24, 2.45) is 0 Å². The molecule has 1 aliphatic rings. The molecule has 2 rings (SSSR count). The highest BCUT2D eigenvalue weighted by Gasteiger charge is 2.40. The number of hydrogen-bond acceptors (Lipinski definition) is 3. The predicted octanol–water partition coefficient (Wildman–Crippen LogP) is 1.99. The van der Waals surface area contributed by atoms with Crippen molar-refractivity contribution in [2.75, 3.05) is 11.4 Å². The van der Waals surface area contributed by atoms with Crippen LogP contribution in [0, 0.1) is 5.82 Å². The number of Topliss-reactive ketones (excluding diaryl/α,β-unsaturated/α-hetero) is 2. The zero-order chi connectivity index (χ0) is 13.4. The second-order valence-electron chi connectivity index (χ2n) is 3.87. The van der Waals surface area contributed by atoms with Gasteiger partial charge in [0.2, 0.25) is 0 Å². The fourth-order valence-corrected chi connectivity index (χ4v) is 2.03. The molecule has 1 aromatic rings. The predicted molar refractivity (Wildman–Crippen MR) is 63.4 cm³/mol. The molecule has 0 atom stereocenters. The summed E-state index contributed by atoms with van der Waals surface area (Å²) in [7, 11) is 0. The summed E-state index contributed by atoms with van der Waals surface area (Å²) in [6.45, 7) is 1.31. The maximum atomic E-state index is 13.7. The summed E-state index contributed by atoms with van der Waals surface area (Å²) in [5.74, 6) is -2.79. The van der Waals surface area contributed by atoms with Crippen LogP contribution in [0.3, 0.4) is 0 Å². The third kappa shape index (κ3) is 1.80. The second kappa shape index (κ2) is 4.49. The smallest absolute Gasteiger partial charge is 0.298 e. The molecule has 1 aromatic carbocycles. The van der Waals surface area contributed by atoms with Gasteiger partial charge in [-0.2, -0.15) is 0 Å². The van der Waals surface area contributed by atoms with E-state index in [2.05, 4.69) is 0 Å². The minimum absolute atomic E-state index is 0.0104. The molecule has 1 amide bonds. The van der Waals surface area contributed by atoms with Crippen LogP contribution in [-0.2, 0) is 9.59 Å². The van der Waals surface area contributed by atoms with Gasteiger partial charge in [-0.3, -0.25) is 19.3 Å². The number of ketones is 2. The average Bonchev–Trinajstić information content (AvgIpc) is 2.60. The molecule has 1 heterocycles. The van der Waals surface area contributed by atoms with Gasteiger partial charge in [-0.05, 0) is 12.1 Å². The fourth-order valence-electron chi connectivity index (χ4n) is 1.79. The van der Waals surface area contributed by atoms with Crippen molar-refractivity contribution >= 4 is 34.8 Å². The van der Waals surface area contributed by atoms with E-state index >= 15 is 0 Å².